The third kappa shape index (κ3) is 6.18. The van der Waals surface area contributed by atoms with Crippen LogP contribution >= 0.6 is 0 Å². The van der Waals surface area contributed by atoms with Gasteiger partial charge in [-0.3, -0.25) is 4.79 Å². The Hall–Kier alpha value is -3.75. The van der Waals surface area contributed by atoms with Crippen molar-refractivity contribution >= 4 is 34.4 Å². The van der Waals surface area contributed by atoms with Crippen molar-refractivity contribution in [2.45, 2.75) is 33.3 Å². The van der Waals surface area contributed by atoms with E-state index < -0.39 is 11.7 Å². The second kappa shape index (κ2) is 10.5. The van der Waals surface area contributed by atoms with Crippen molar-refractivity contribution in [2.75, 3.05) is 37.6 Å². The van der Waals surface area contributed by atoms with Crippen molar-refractivity contribution in [3.05, 3.63) is 55.0 Å². The molecule has 2 heterocycles. The molecule has 3 rings (SSSR count). The minimum absolute atomic E-state index is 0.0765. The molecule has 1 saturated heterocycles. The molecule has 9 heteroatoms. The lowest BCUT2D eigenvalue weighted by Gasteiger charge is -2.36. The standard InChI is InChI=1S/C25H34N6O3/c1-18(2)28-22(9-11-26)31-12-10-19-20(7-6-8-21(19)31)29-13-15-30(16-14-29)23(32)17-27-24(33)34-25(3,4)5/h6-12H,1,13-17,26H2,2-5H3,(H,27,33)/b11-9-,28-22+. The fourth-order valence-corrected chi connectivity index (χ4v) is 3.85. The molecule has 1 aromatic heterocycles. The largest absolute Gasteiger partial charge is 0.444 e. The van der Waals surface area contributed by atoms with E-state index in [4.69, 9.17) is 10.5 Å². The highest BCUT2D eigenvalue weighted by Crippen LogP contribution is 2.29. The molecule has 2 amide bonds. The van der Waals surface area contributed by atoms with E-state index in [0.717, 1.165) is 16.6 Å². The van der Waals surface area contributed by atoms with Gasteiger partial charge in [-0.2, -0.15) is 0 Å². The molecule has 1 aliphatic rings. The molecular formula is C25H34N6O3. The monoisotopic (exact) mass is 466 g/mol. The molecule has 1 fully saturated rings. The topological polar surface area (TPSA) is 105 Å². The van der Waals surface area contributed by atoms with E-state index in [-0.39, 0.29) is 12.5 Å². The number of aliphatic imine (C=N–C) groups is 1. The van der Waals surface area contributed by atoms with Crippen LogP contribution < -0.4 is 16.0 Å². The van der Waals surface area contributed by atoms with Crippen LogP contribution in [0, 0.1) is 0 Å². The zero-order valence-electron chi connectivity index (χ0n) is 20.4. The molecule has 9 nitrogen and oxygen atoms in total. The van der Waals surface area contributed by atoms with E-state index in [1.54, 1.807) is 31.7 Å². The van der Waals surface area contributed by atoms with Crippen molar-refractivity contribution in [3.63, 3.8) is 0 Å². The number of piperazine rings is 1. The maximum absolute atomic E-state index is 12.5. The number of nitrogens with one attached hydrogen (secondary N) is 1. The van der Waals surface area contributed by atoms with Gasteiger partial charge in [0.15, 0.2) is 0 Å². The Bertz CT molecular complexity index is 1120. The number of aromatic nitrogens is 1. The van der Waals surface area contributed by atoms with Crippen molar-refractivity contribution < 1.29 is 14.3 Å². The Balaban J connectivity index is 1.68. The second-order valence-electron chi connectivity index (χ2n) is 9.18. The maximum atomic E-state index is 12.5. The number of nitrogens with two attached hydrogens (primary N) is 1. The van der Waals surface area contributed by atoms with E-state index in [1.807, 2.05) is 29.8 Å². The summed E-state index contributed by atoms with van der Waals surface area (Å²) in [6, 6.07) is 8.20. The number of amides is 2. The molecule has 0 spiro atoms. The first-order valence-electron chi connectivity index (χ1n) is 11.3. The number of hydrogen-bond acceptors (Lipinski definition) is 6. The summed E-state index contributed by atoms with van der Waals surface area (Å²) >= 11 is 0. The summed E-state index contributed by atoms with van der Waals surface area (Å²) in [5, 5.41) is 3.63. The van der Waals surface area contributed by atoms with Crippen LogP contribution in [0.4, 0.5) is 10.5 Å². The highest BCUT2D eigenvalue weighted by atomic mass is 16.6. The minimum Gasteiger partial charge on any atom is -0.444 e. The normalized spacial score (nSPS) is 15.1. The number of ether oxygens (including phenoxy) is 1. The Morgan fingerprint density at radius 1 is 1.21 bits per heavy atom. The molecule has 0 unspecified atom stereocenters. The van der Waals surface area contributed by atoms with Gasteiger partial charge in [0.2, 0.25) is 5.91 Å². The van der Waals surface area contributed by atoms with Crippen LogP contribution in [-0.2, 0) is 9.53 Å². The Morgan fingerprint density at radius 3 is 2.53 bits per heavy atom. The molecule has 1 aliphatic heterocycles. The van der Waals surface area contributed by atoms with Gasteiger partial charge in [-0.05, 0) is 58.2 Å². The van der Waals surface area contributed by atoms with E-state index in [2.05, 4.69) is 33.9 Å². The highest BCUT2D eigenvalue weighted by Gasteiger charge is 2.24. The molecule has 1 aromatic carbocycles. The van der Waals surface area contributed by atoms with E-state index in [1.165, 1.54) is 6.20 Å². The first-order valence-corrected chi connectivity index (χ1v) is 11.3. The molecule has 0 atom stereocenters. The number of allylic oxidation sites excluding steroid dienone is 2. The molecule has 0 bridgehead atoms. The van der Waals surface area contributed by atoms with Crippen LogP contribution in [-0.4, -0.2) is 65.6 Å². The van der Waals surface area contributed by atoms with Gasteiger partial charge in [0.25, 0.3) is 0 Å². The number of fused-ring (bicyclic) bond motifs is 1. The number of nitrogens with zero attached hydrogens (tertiary/aromatic N) is 4. The Kier molecular flexibility index (Phi) is 7.65. The first kappa shape index (κ1) is 24.9. The smallest absolute Gasteiger partial charge is 0.408 e. The number of alkyl carbamates (subject to hydrolysis) is 1. The summed E-state index contributed by atoms with van der Waals surface area (Å²) in [7, 11) is 0. The van der Waals surface area contributed by atoms with Gasteiger partial charge in [0, 0.05) is 49.1 Å². The summed E-state index contributed by atoms with van der Waals surface area (Å²) in [6.07, 6.45) is 4.59. The van der Waals surface area contributed by atoms with Gasteiger partial charge >= 0.3 is 6.09 Å². The molecule has 3 N–H and O–H groups in total. The number of anilines is 1. The van der Waals surface area contributed by atoms with Crippen LogP contribution in [0.5, 0.6) is 0 Å². The van der Waals surface area contributed by atoms with E-state index in [0.29, 0.717) is 37.7 Å². The van der Waals surface area contributed by atoms with Crippen LogP contribution in [0.2, 0.25) is 0 Å². The lowest BCUT2D eigenvalue weighted by molar-refractivity contribution is -0.130. The molecule has 0 saturated carbocycles. The molecular weight excluding hydrogens is 432 g/mol. The summed E-state index contributed by atoms with van der Waals surface area (Å²) in [5.74, 6) is 0.569. The summed E-state index contributed by atoms with van der Waals surface area (Å²) in [5.41, 5.74) is 7.83. The van der Waals surface area contributed by atoms with Crippen molar-refractivity contribution in [1.82, 2.24) is 14.8 Å². The number of carbonyl (C=O) groups is 2. The van der Waals surface area contributed by atoms with Gasteiger partial charge < -0.3 is 30.2 Å². The van der Waals surface area contributed by atoms with E-state index in [9.17, 15) is 9.59 Å². The van der Waals surface area contributed by atoms with Crippen molar-refractivity contribution in [2.24, 2.45) is 10.7 Å². The van der Waals surface area contributed by atoms with Crippen LogP contribution in [0.25, 0.3) is 10.9 Å². The third-order valence-corrected chi connectivity index (χ3v) is 5.26. The molecule has 2 aromatic rings. The maximum Gasteiger partial charge on any atom is 0.408 e. The van der Waals surface area contributed by atoms with Gasteiger partial charge in [-0.25, -0.2) is 9.79 Å². The summed E-state index contributed by atoms with van der Waals surface area (Å²) in [4.78, 5) is 32.9. The summed E-state index contributed by atoms with van der Waals surface area (Å²) < 4.78 is 7.18. The van der Waals surface area contributed by atoms with Gasteiger partial charge in [-0.15, -0.1) is 0 Å². The second-order valence-corrected chi connectivity index (χ2v) is 9.18. The zero-order valence-corrected chi connectivity index (χ0v) is 20.4. The molecule has 182 valence electrons. The van der Waals surface area contributed by atoms with Crippen molar-refractivity contribution in [3.8, 4) is 0 Å². The molecule has 34 heavy (non-hydrogen) atoms. The predicted octanol–water partition coefficient (Wildman–Crippen LogP) is 3.07. The summed E-state index contributed by atoms with van der Waals surface area (Å²) in [6.45, 7) is 13.5. The number of benzene rings is 1. The fraction of sp³-hybridized carbons (Fsp3) is 0.400. The van der Waals surface area contributed by atoms with E-state index >= 15 is 0 Å². The zero-order chi connectivity index (χ0) is 24.9. The number of carbonyl (C=O) groups excluding carboxylic acids is 2. The average molecular weight is 467 g/mol. The van der Waals surface area contributed by atoms with Crippen LogP contribution in [0.15, 0.2) is 60.0 Å². The van der Waals surface area contributed by atoms with Gasteiger partial charge in [0.1, 0.15) is 18.0 Å². The molecule has 0 aliphatic carbocycles. The Morgan fingerprint density at radius 2 is 1.91 bits per heavy atom. The quantitative estimate of drug-likeness (QED) is 0.520. The Labute approximate surface area is 200 Å². The SMILES string of the molecule is C=C(C)/N=C(\C=C/N)n1ccc2c(N3CCN(C(=O)CNC(=O)OC(C)(C)C)CC3)cccc21. The highest BCUT2D eigenvalue weighted by molar-refractivity contribution is 6.04. The number of hydrogen-bond donors (Lipinski definition) is 2. The fourth-order valence-electron chi connectivity index (χ4n) is 3.85. The van der Waals surface area contributed by atoms with Gasteiger partial charge in [0.05, 0.1) is 5.52 Å². The minimum atomic E-state index is -0.601. The third-order valence-electron chi connectivity index (χ3n) is 5.26. The average Bonchev–Trinajstić information content (AvgIpc) is 3.20. The van der Waals surface area contributed by atoms with Gasteiger partial charge in [-0.1, -0.05) is 12.6 Å². The lowest BCUT2D eigenvalue weighted by Crippen LogP contribution is -2.51. The van der Waals surface area contributed by atoms with Crippen molar-refractivity contribution in [1.29, 1.82) is 0 Å². The molecule has 0 radical (unpaired) electrons. The first-order chi connectivity index (χ1) is 16.1. The number of rotatable bonds is 5. The van der Waals surface area contributed by atoms with Crippen LogP contribution in [0.3, 0.4) is 0 Å². The predicted molar refractivity (Wildman–Crippen MR) is 136 cm³/mol. The lowest BCUT2D eigenvalue weighted by atomic mass is 10.1. The van der Waals surface area contributed by atoms with Crippen LogP contribution in [0.1, 0.15) is 27.7 Å².